The molecule has 0 heterocycles. The summed E-state index contributed by atoms with van der Waals surface area (Å²) in [6.07, 6.45) is 5.39. The Balaban J connectivity index is 1.41. The van der Waals surface area contributed by atoms with Gasteiger partial charge in [-0.2, -0.15) is 0 Å². The van der Waals surface area contributed by atoms with Crippen molar-refractivity contribution in [3.05, 3.63) is 70.8 Å². The molecule has 2 aromatic carbocycles. The second kappa shape index (κ2) is 12.9. The number of nitrogens with one attached hydrogen (secondary N) is 3. The molecule has 1 aliphatic rings. The van der Waals surface area contributed by atoms with Crippen LogP contribution in [-0.2, 0) is 17.6 Å². The summed E-state index contributed by atoms with van der Waals surface area (Å²) in [5.74, 6) is 0.756. The van der Waals surface area contributed by atoms with Crippen molar-refractivity contribution in [2.75, 3.05) is 33.3 Å². The maximum Gasteiger partial charge on any atom is 0.251 e. The molecule has 6 heteroatoms. The highest BCUT2D eigenvalue weighted by Crippen LogP contribution is 2.32. The number of amides is 1. The van der Waals surface area contributed by atoms with Gasteiger partial charge in [-0.15, -0.1) is 0 Å². The van der Waals surface area contributed by atoms with Crippen molar-refractivity contribution in [2.45, 2.75) is 45.1 Å². The van der Waals surface area contributed by atoms with Crippen LogP contribution in [0, 0.1) is 0 Å². The summed E-state index contributed by atoms with van der Waals surface area (Å²) < 4.78 is 6.19. The highest BCUT2D eigenvalue weighted by Gasteiger charge is 2.19. The van der Waals surface area contributed by atoms with Gasteiger partial charge >= 0.3 is 0 Å². The van der Waals surface area contributed by atoms with Crippen molar-refractivity contribution in [3.8, 4) is 0 Å². The topological polar surface area (TPSA) is 74.8 Å². The Morgan fingerprint density at radius 1 is 1.16 bits per heavy atom. The third-order valence-corrected chi connectivity index (χ3v) is 5.67. The minimum atomic E-state index is -0.0614. The summed E-state index contributed by atoms with van der Waals surface area (Å²) in [6, 6.07) is 16.4. The van der Waals surface area contributed by atoms with Crippen LogP contribution in [0.25, 0.3) is 0 Å². The second-order valence-electron chi connectivity index (χ2n) is 8.02. The molecule has 0 bridgehead atoms. The highest BCUT2D eigenvalue weighted by molar-refractivity contribution is 5.94. The molecule has 0 radical (unpaired) electrons. The number of fused-ring (bicyclic) bond motifs is 1. The number of nitrogens with zero attached hydrogens (tertiary/aromatic N) is 1. The molecule has 32 heavy (non-hydrogen) atoms. The first kappa shape index (κ1) is 23.8. The lowest BCUT2D eigenvalue weighted by Crippen LogP contribution is -2.38. The zero-order chi connectivity index (χ0) is 22.6. The fourth-order valence-corrected chi connectivity index (χ4v) is 4.04. The van der Waals surface area contributed by atoms with Gasteiger partial charge in [0.15, 0.2) is 5.96 Å². The van der Waals surface area contributed by atoms with Crippen LogP contribution in [-0.4, -0.2) is 45.2 Å². The van der Waals surface area contributed by atoms with E-state index >= 15 is 0 Å². The minimum absolute atomic E-state index is 0.0614. The lowest BCUT2D eigenvalue weighted by atomic mass is 9.89. The van der Waals surface area contributed by atoms with Crippen molar-refractivity contribution in [2.24, 2.45) is 4.99 Å². The first-order valence-corrected chi connectivity index (χ1v) is 11.7. The fraction of sp³-hybridized carbons (Fsp3) is 0.462. The van der Waals surface area contributed by atoms with Crippen LogP contribution in [0.1, 0.15) is 59.3 Å². The smallest absolute Gasteiger partial charge is 0.251 e. The van der Waals surface area contributed by atoms with Crippen LogP contribution >= 0.6 is 0 Å². The van der Waals surface area contributed by atoms with Crippen molar-refractivity contribution in [1.82, 2.24) is 16.0 Å². The van der Waals surface area contributed by atoms with Crippen molar-refractivity contribution in [1.29, 1.82) is 0 Å². The number of guanidine groups is 1. The van der Waals surface area contributed by atoms with Crippen LogP contribution in [0.2, 0.25) is 0 Å². The molecule has 0 saturated heterocycles. The van der Waals surface area contributed by atoms with Gasteiger partial charge in [-0.25, -0.2) is 0 Å². The van der Waals surface area contributed by atoms with E-state index in [1.165, 1.54) is 17.5 Å². The summed E-state index contributed by atoms with van der Waals surface area (Å²) in [6.45, 7) is 5.06. The van der Waals surface area contributed by atoms with E-state index in [0.29, 0.717) is 12.2 Å². The number of aliphatic imine (C=N–C) groups is 1. The van der Waals surface area contributed by atoms with Gasteiger partial charge in [0.25, 0.3) is 5.91 Å². The van der Waals surface area contributed by atoms with E-state index in [2.05, 4.69) is 52.1 Å². The van der Waals surface area contributed by atoms with Gasteiger partial charge in [-0.05, 0) is 67.9 Å². The fourth-order valence-electron chi connectivity index (χ4n) is 4.04. The zero-order valence-corrected chi connectivity index (χ0v) is 19.3. The number of ether oxygens (including phenoxy) is 1. The standard InChI is InChI=1S/C26H36N4O2/c1-3-28-26(30-17-15-20-9-6-12-22(19-20)25(31)27-2)29-16-8-18-32-24-14-7-11-21-10-4-5-13-23(21)24/h4-6,9-10,12-13,19,24H,3,7-8,11,14-18H2,1-2H3,(H,27,31)(H2,28,29,30). The highest BCUT2D eigenvalue weighted by atomic mass is 16.5. The minimum Gasteiger partial charge on any atom is -0.373 e. The normalized spacial score (nSPS) is 15.7. The molecule has 1 unspecified atom stereocenters. The van der Waals surface area contributed by atoms with E-state index in [0.717, 1.165) is 56.8 Å². The Hall–Kier alpha value is -2.86. The van der Waals surface area contributed by atoms with Gasteiger partial charge in [0.1, 0.15) is 0 Å². The van der Waals surface area contributed by atoms with Crippen LogP contribution in [0.3, 0.4) is 0 Å². The Labute approximate surface area is 191 Å². The number of benzene rings is 2. The quantitative estimate of drug-likeness (QED) is 0.302. The molecule has 172 valence electrons. The van der Waals surface area contributed by atoms with Gasteiger partial charge in [-0.3, -0.25) is 9.79 Å². The Bertz CT molecular complexity index is 897. The summed E-state index contributed by atoms with van der Waals surface area (Å²) in [7, 11) is 1.65. The third-order valence-electron chi connectivity index (χ3n) is 5.67. The van der Waals surface area contributed by atoms with Crippen molar-refractivity contribution in [3.63, 3.8) is 0 Å². The molecule has 1 aliphatic carbocycles. The lowest BCUT2D eigenvalue weighted by Gasteiger charge is -2.25. The molecule has 6 nitrogen and oxygen atoms in total. The monoisotopic (exact) mass is 436 g/mol. The molecule has 0 aliphatic heterocycles. The van der Waals surface area contributed by atoms with Gasteiger partial charge in [-0.1, -0.05) is 36.4 Å². The average molecular weight is 437 g/mol. The number of hydrogen-bond acceptors (Lipinski definition) is 3. The largest absolute Gasteiger partial charge is 0.373 e. The van der Waals surface area contributed by atoms with Gasteiger partial charge < -0.3 is 20.7 Å². The molecule has 1 atom stereocenters. The Morgan fingerprint density at radius 3 is 2.88 bits per heavy atom. The van der Waals surface area contributed by atoms with Crippen LogP contribution < -0.4 is 16.0 Å². The average Bonchev–Trinajstić information content (AvgIpc) is 2.83. The number of hydrogen-bond donors (Lipinski definition) is 3. The molecule has 0 spiro atoms. The van der Waals surface area contributed by atoms with Crippen molar-refractivity contribution >= 4 is 11.9 Å². The SMILES string of the molecule is CCNC(=NCCCOC1CCCc2ccccc21)NCCc1cccc(C(=O)NC)c1. The molecule has 0 aromatic heterocycles. The van der Waals surface area contributed by atoms with Gasteiger partial charge in [0, 0.05) is 38.9 Å². The van der Waals surface area contributed by atoms with E-state index < -0.39 is 0 Å². The number of aryl methyl sites for hydroxylation is 1. The third kappa shape index (κ3) is 7.09. The van der Waals surface area contributed by atoms with Crippen LogP contribution in [0.5, 0.6) is 0 Å². The van der Waals surface area contributed by atoms with Gasteiger partial charge in [0.2, 0.25) is 0 Å². The molecular formula is C26H36N4O2. The van der Waals surface area contributed by atoms with Crippen molar-refractivity contribution < 1.29 is 9.53 Å². The van der Waals surface area contributed by atoms with Crippen LogP contribution in [0.4, 0.5) is 0 Å². The summed E-state index contributed by atoms with van der Waals surface area (Å²) >= 11 is 0. The number of rotatable bonds is 10. The maximum atomic E-state index is 11.8. The van der Waals surface area contributed by atoms with E-state index in [1.54, 1.807) is 7.05 Å². The van der Waals surface area contributed by atoms with E-state index in [9.17, 15) is 4.79 Å². The number of carbonyl (C=O) groups excluding carboxylic acids is 1. The molecule has 0 saturated carbocycles. The lowest BCUT2D eigenvalue weighted by molar-refractivity contribution is 0.0403. The zero-order valence-electron chi connectivity index (χ0n) is 19.3. The predicted molar refractivity (Wildman–Crippen MR) is 130 cm³/mol. The summed E-state index contributed by atoms with van der Waals surface area (Å²) in [5.41, 5.74) is 4.60. The Kier molecular flexibility index (Phi) is 9.57. The van der Waals surface area contributed by atoms with E-state index in [-0.39, 0.29) is 12.0 Å². The van der Waals surface area contributed by atoms with Gasteiger partial charge in [0.05, 0.1) is 6.10 Å². The molecular weight excluding hydrogens is 400 g/mol. The Morgan fingerprint density at radius 2 is 2.03 bits per heavy atom. The predicted octanol–water partition coefficient (Wildman–Crippen LogP) is 3.63. The molecule has 1 amide bonds. The molecule has 3 rings (SSSR count). The van der Waals surface area contributed by atoms with E-state index in [4.69, 9.17) is 4.74 Å². The summed E-state index contributed by atoms with van der Waals surface area (Å²) in [4.78, 5) is 16.5. The first-order valence-electron chi connectivity index (χ1n) is 11.7. The van der Waals surface area contributed by atoms with Crippen LogP contribution in [0.15, 0.2) is 53.5 Å². The molecule has 2 aromatic rings. The molecule has 3 N–H and O–H groups in total. The second-order valence-corrected chi connectivity index (χ2v) is 8.02. The molecule has 0 fully saturated rings. The summed E-state index contributed by atoms with van der Waals surface area (Å²) in [5, 5.41) is 9.34. The maximum absolute atomic E-state index is 11.8. The number of carbonyl (C=O) groups is 1. The first-order chi connectivity index (χ1) is 15.7. The van der Waals surface area contributed by atoms with E-state index in [1.807, 2.05) is 24.3 Å².